The quantitative estimate of drug-likeness (QED) is 0.891. The Morgan fingerprint density at radius 3 is 2.84 bits per heavy atom. The first kappa shape index (κ1) is 17.6. The summed E-state index contributed by atoms with van der Waals surface area (Å²) in [6.45, 7) is 9.51. The summed E-state index contributed by atoms with van der Waals surface area (Å²) in [7, 11) is 0. The van der Waals surface area contributed by atoms with Gasteiger partial charge in [0.1, 0.15) is 11.7 Å². The van der Waals surface area contributed by atoms with Gasteiger partial charge in [0.25, 0.3) is 5.91 Å². The fourth-order valence-corrected chi connectivity index (χ4v) is 2.83. The number of nitrogens with zero attached hydrogens (tertiary/aromatic N) is 4. The Bertz CT molecular complexity index is 721. The van der Waals surface area contributed by atoms with Crippen molar-refractivity contribution in [2.75, 3.05) is 19.8 Å². The van der Waals surface area contributed by atoms with E-state index in [0.717, 1.165) is 12.1 Å². The number of amides is 1. The van der Waals surface area contributed by atoms with Crippen LogP contribution in [0.5, 0.6) is 0 Å². The van der Waals surface area contributed by atoms with Gasteiger partial charge in [-0.1, -0.05) is 27.7 Å². The van der Waals surface area contributed by atoms with Crippen molar-refractivity contribution in [2.24, 2.45) is 5.92 Å². The lowest BCUT2D eigenvalue weighted by Gasteiger charge is -2.32. The summed E-state index contributed by atoms with van der Waals surface area (Å²) >= 11 is 0. The minimum Gasteiger partial charge on any atom is -0.423 e. The molecule has 0 spiro atoms. The van der Waals surface area contributed by atoms with Gasteiger partial charge in [0.05, 0.1) is 13.2 Å². The highest BCUT2D eigenvalue weighted by Gasteiger charge is 2.34. The normalized spacial score (nSPS) is 18.3. The number of carbonyl (C=O) groups is 1. The van der Waals surface area contributed by atoms with Crippen LogP contribution in [0.1, 0.15) is 67.6 Å². The number of H-pyrrole nitrogens is 1. The highest BCUT2D eigenvalue weighted by molar-refractivity contribution is 5.92. The summed E-state index contributed by atoms with van der Waals surface area (Å²) in [6.07, 6.45) is 0.855. The minimum atomic E-state index is -0.383. The van der Waals surface area contributed by atoms with Crippen molar-refractivity contribution >= 4 is 5.91 Å². The van der Waals surface area contributed by atoms with Crippen LogP contribution in [0, 0.1) is 5.92 Å². The summed E-state index contributed by atoms with van der Waals surface area (Å²) in [4.78, 5) is 14.6. The molecule has 1 N–H and O–H groups in total. The van der Waals surface area contributed by atoms with E-state index >= 15 is 0 Å². The van der Waals surface area contributed by atoms with E-state index in [4.69, 9.17) is 9.15 Å². The summed E-state index contributed by atoms with van der Waals surface area (Å²) in [5.74, 6) is 1.46. The van der Waals surface area contributed by atoms with Crippen molar-refractivity contribution in [3.8, 4) is 0 Å². The monoisotopic (exact) mass is 347 g/mol. The number of carbonyl (C=O) groups excluding carboxylic acids is 1. The van der Waals surface area contributed by atoms with E-state index in [-0.39, 0.29) is 17.9 Å². The molecule has 0 saturated carbocycles. The van der Waals surface area contributed by atoms with E-state index in [1.165, 1.54) is 0 Å². The van der Waals surface area contributed by atoms with Crippen LogP contribution in [-0.4, -0.2) is 51.0 Å². The van der Waals surface area contributed by atoms with Crippen LogP contribution in [0.15, 0.2) is 10.5 Å². The smallest absolute Gasteiger partial charge is 0.275 e. The molecule has 25 heavy (non-hydrogen) atoms. The molecule has 0 unspecified atom stereocenters. The van der Waals surface area contributed by atoms with Gasteiger partial charge >= 0.3 is 0 Å². The number of nitrogens with one attached hydrogen (secondary N) is 1. The Morgan fingerprint density at radius 1 is 1.36 bits per heavy atom. The molecule has 2 aromatic rings. The molecule has 3 heterocycles. The molecule has 3 rings (SSSR count). The predicted molar refractivity (Wildman–Crippen MR) is 90.1 cm³/mol. The highest BCUT2D eigenvalue weighted by Crippen LogP contribution is 2.26. The predicted octanol–water partition coefficient (Wildman–Crippen LogP) is 2.33. The van der Waals surface area contributed by atoms with E-state index in [1.807, 2.05) is 19.9 Å². The Morgan fingerprint density at radius 2 is 2.16 bits per heavy atom. The molecule has 0 bridgehead atoms. The topological polar surface area (TPSA) is 97.1 Å². The maximum Gasteiger partial charge on any atom is 0.275 e. The minimum absolute atomic E-state index is 0.139. The number of hydrogen-bond donors (Lipinski definition) is 1. The Kier molecular flexibility index (Phi) is 5.17. The second kappa shape index (κ2) is 7.35. The zero-order valence-electron chi connectivity index (χ0n) is 15.2. The van der Waals surface area contributed by atoms with Crippen molar-refractivity contribution in [3.05, 3.63) is 29.2 Å². The van der Waals surface area contributed by atoms with Crippen LogP contribution < -0.4 is 0 Å². The Hall–Kier alpha value is -2.22. The number of hydrogen-bond acceptors (Lipinski definition) is 6. The molecule has 1 aliphatic rings. The third kappa shape index (κ3) is 3.89. The lowest BCUT2D eigenvalue weighted by Crippen LogP contribution is -2.43. The average molecular weight is 347 g/mol. The van der Waals surface area contributed by atoms with Crippen LogP contribution >= 0.6 is 0 Å². The maximum absolute atomic E-state index is 12.9. The van der Waals surface area contributed by atoms with Crippen molar-refractivity contribution in [1.82, 2.24) is 25.3 Å². The van der Waals surface area contributed by atoms with E-state index < -0.39 is 0 Å². The number of ether oxygens (including phenoxy) is 1. The Labute approximate surface area is 146 Å². The van der Waals surface area contributed by atoms with E-state index in [1.54, 1.807) is 4.90 Å². The van der Waals surface area contributed by atoms with E-state index in [2.05, 4.69) is 34.2 Å². The van der Waals surface area contributed by atoms with Gasteiger partial charge in [0, 0.05) is 18.2 Å². The largest absolute Gasteiger partial charge is 0.423 e. The first-order valence-corrected chi connectivity index (χ1v) is 8.72. The van der Waals surface area contributed by atoms with Gasteiger partial charge in [0.2, 0.25) is 11.8 Å². The number of aromatic nitrogens is 4. The lowest BCUT2D eigenvalue weighted by atomic mass is 10.1. The molecule has 1 fully saturated rings. The number of aromatic amines is 1. The van der Waals surface area contributed by atoms with Crippen LogP contribution in [-0.2, 0) is 11.2 Å². The van der Waals surface area contributed by atoms with Crippen LogP contribution in [0.4, 0.5) is 0 Å². The fraction of sp³-hybridized carbons (Fsp3) is 0.647. The van der Waals surface area contributed by atoms with Crippen LogP contribution in [0.2, 0.25) is 0 Å². The lowest BCUT2D eigenvalue weighted by molar-refractivity contribution is -0.0110. The molecule has 136 valence electrons. The molecule has 0 radical (unpaired) electrons. The second-order valence-electron chi connectivity index (χ2n) is 7.10. The maximum atomic E-state index is 12.9. The van der Waals surface area contributed by atoms with Crippen molar-refractivity contribution in [1.29, 1.82) is 0 Å². The van der Waals surface area contributed by atoms with Crippen molar-refractivity contribution in [2.45, 2.75) is 46.1 Å². The highest BCUT2D eigenvalue weighted by atomic mass is 16.5. The molecule has 1 aliphatic heterocycles. The molecular weight excluding hydrogens is 322 g/mol. The molecule has 1 amide bonds. The molecule has 0 aliphatic carbocycles. The van der Waals surface area contributed by atoms with Crippen molar-refractivity contribution in [3.63, 3.8) is 0 Å². The second-order valence-corrected chi connectivity index (χ2v) is 7.10. The SMILES string of the molecule is CC(C)Cc1cc(C(=O)N2CCOC[C@H]2c2nnc(C(C)C)o2)n[nH]1. The van der Waals surface area contributed by atoms with Crippen LogP contribution in [0.25, 0.3) is 0 Å². The Balaban J connectivity index is 1.80. The summed E-state index contributed by atoms with van der Waals surface area (Å²) in [5, 5.41) is 15.3. The van der Waals surface area contributed by atoms with Gasteiger partial charge in [-0.15, -0.1) is 10.2 Å². The number of morpholine rings is 1. The van der Waals surface area contributed by atoms with Gasteiger partial charge < -0.3 is 14.1 Å². The molecule has 0 aromatic carbocycles. The number of rotatable bonds is 5. The molecule has 8 nitrogen and oxygen atoms in total. The third-order valence-corrected chi connectivity index (χ3v) is 4.10. The summed E-state index contributed by atoms with van der Waals surface area (Å²) in [6, 6.07) is 1.44. The van der Waals surface area contributed by atoms with Gasteiger partial charge in [-0.25, -0.2) is 0 Å². The molecule has 2 aromatic heterocycles. The molecular formula is C17H25N5O3. The van der Waals surface area contributed by atoms with Crippen LogP contribution in [0.3, 0.4) is 0 Å². The van der Waals surface area contributed by atoms with Gasteiger partial charge in [-0.3, -0.25) is 9.89 Å². The van der Waals surface area contributed by atoms with Gasteiger partial charge in [-0.05, 0) is 18.4 Å². The summed E-state index contributed by atoms with van der Waals surface area (Å²) < 4.78 is 11.3. The van der Waals surface area contributed by atoms with Crippen molar-refractivity contribution < 1.29 is 13.9 Å². The zero-order valence-corrected chi connectivity index (χ0v) is 15.2. The van der Waals surface area contributed by atoms with E-state index in [9.17, 15) is 4.79 Å². The first-order valence-electron chi connectivity index (χ1n) is 8.72. The molecule has 1 atom stereocenters. The zero-order chi connectivity index (χ0) is 18.0. The fourth-order valence-electron chi connectivity index (χ4n) is 2.83. The molecule has 8 heteroatoms. The van der Waals surface area contributed by atoms with E-state index in [0.29, 0.717) is 43.2 Å². The van der Waals surface area contributed by atoms with Gasteiger partial charge in [0.15, 0.2) is 0 Å². The standard InChI is InChI=1S/C17H25N5O3/c1-10(2)7-12-8-13(19-18-12)17(23)22-5-6-24-9-14(22)16-21-20-15(25-16)11(3)4/h8,10-11,14H,5-7,9H2,1-4H3,(H,18,19)/t14-/m0/s1. The summed E-state index contributed by atoms with van der Waals surface area (Å²) in [5.41, 5.74) is 1.37. The first-order chi connectivity index (χ1) is 12.0. The van der Waals surface area contributed by atoms with Gasteiger partial charge in [-0.2, -0.15) is 5.10 Å². The average Bonchev–Trinajstić information content (AvgIpc) is 3.23. The molecule has 1 saturated heterocycles. The third-order valence-electron chi connectivity index (χ3n) is 4.10.